The van der Waals surface area contributed by atoms with Crippen LogP contribution < -0.4 is 5.32 Å². The number of rotatable bonds is 5. The van der Waals surface area contributed by atoms with Gasteiger partial charge in [-0.05, 0) is 13.0 Å². The second-order valence-electron chi connectivity index (χ2n) is 4.33. The Morgan fingerprint density at radius 3 is 2.95 bits per heavy atom. The van der Waals surface area contributed by atoms with Gasteiger partial charge < -0.3 is 10.4 Å². The molecule has 1 unspecified atom stereocenters. The number of aromatic nitrogens is 2. The van der Waals surface area contributed by atoms with Crippen LogP contribution >= 0.6 is 11.3 Å². The maximum absolute atomic E-state index is 11.1. The molecule has 2 heterocycles. The molecule has 2 aromatic rings. The van der Waals surface area contributed by atoms with Crippen LogP contribution in [-0.4, -0.2) is 27.6 Å². The number of nitrogens with one attached hydrogen (secondary N) is 1. The molecule has 1 atom stereocenters. The predicted molar refractivity (Wildman–Crippen MR) is 75.0 cm³/mol. The Balaban J connectivity index is 2.10. The molecule has 2 aromatic heterocycles. The minimum absolute atomic E-state index is 0.192. The first-order chi connectivity index (χ1) is 9.08. The fraction of sp³-hybridized carbons (Fsp3) is 0.308. The quantitative estimate of drug-likeness (QED) is 0.879. The van der Waals surface area contributed by atoms with Crippen molar-refractivity contribution in [2.45, 2.75) is 19.8 Å². The van der Waals surface area contributed by atoms with E-state index in [2.05, 4.69) is 22.2 Å². The highest BCUT2D eigenvalue weighted by Crippen LogP contribution is 2.20. The van der Waals surface area contributed by atoms with Gasteiger partial charge >= 0.3 is 5.97 Å². The summed E-state index contributed by atoms with van der Waals surface area (Å²) in [6.07, 6.45) is 3.16. The standard InChI is InChI=1S/C13H15N3O2S/c1-8(12-14-3-4-19-12)6-16-11-5-9(2)15-7-10(11)13(17)18/h3-5,7-8H,6H2,1-2H3,(H,15,16)(H,17,18). The van der Waals surface area contributed by atoms with E-state index in [0.717, 1.165) is 10.7 Å². The van der Waals surface area contributed by atoms with Crippen LogP contribution in [0.25, 0.3) is 0 Å². The van der Waals surface area contributed by atoms with Crippen LogP contribution in [0.2, 0.25) is 0 Å². The molecule has 0 aliphatic carbocycles. The first-order valence-electron chi connectivity index (χ1n) is 5.91. The summed E-state index contributed by atoms with van der Waals surface area (Å²) in [4.78, 5) is 19.4. The van der Waals surface area contributed by atoms with E-state index in [1.807, 2.05) is 12.3 Å². The number of anilines is 1. The van der Waals surface area contributed by atoms with E-state index in [-0.39, 0.29) is 11.5 Å². The summed E-state index contributed by atoms with van der Waals surface area (Å²) < 4.78 is 0. The first-order valence-corrected chi connectivity index (χ1v) is 6.79. The zero-order valence-corrected chi connectivity index (χ0v) is 11.6. The minimum Gasteiger partial charge on any atom is -0.478 e. The first kappa shape index (κ1) is 13.5. The summed E-state index contributed by atoms with van der Waals surface area (Å²) in [5.74, 6) is -0.744. The van der Waals surface area contributed by atoms with Gasteiger partial charge in [0.1, 0.15) is 5.56 Å². The van der Waals surface area contributed by atoms with E-state index in [0.29, 0.717) is 12.2 Å². The third kappa shape index (κ3) is 3.29. The predicted octanol–water partition coefficient (Wildman–Crippen LogP) is 2.76. The molecular weight excluding hydrogens is 262 g/mol. The van der Waals surface area contributed by atoms with Crippen molar-refractivity contribution in [1.82, 2.24) is 9.97 Å². The number of aryl methyl sites for hydroxylation is 1. The third-order valence-corrected chi connectivity index (χ3v) is 3.75. The highest BCUT2D eigenvalue weighted by molar-refractivity contribution is 7.09. The number of carbonyl (C=O) groups is 1. The molecule has 6 heteroatoms. The average molecular weight is 277 g/mol. The van der Waals surface area contributed by atoms with Gasteiger partial charge in [-0.15, -0.1) is 11.3 Å². The largest absolute Gasteiger partial charge is 0.478 e. The molecule has 0 aromatic carbocycles. The van der Waals surface area contributed by atoms with Crippen LogP contribution in [0.4, 0.5) is 5.69 Å². The Labute approximate surface area is 115 Å². The van der Waals surface area contributed by atoms with Gasteiger partial charge in [0.2, 0.25) is 0 Å². The van der Waals surface area contributed by atoms with Crippen LogP contribution in [0, 0.1) is 6.92 Å². The van der Waals surface area contributed by atoms with Gasteiger partial charge in [0.05, 0.1) is 10.7 Å². The topological polar surface area (TPSA) is 75.1 Å². The van der Waals surface area contributed by atoms with Crippen molar-refractivity contribution in [2.24, 2.45) is 0 Å². The molecule has 0 amide bonds. The van der Waals surface area contributed by atoms with E-state index in [4.69, 9.17) is 5.11 Å². The number of aromatic carboxylic acids is 1. The van der Waals surface area contributed by atoms with Gasteiger partial charge in [-0.2, -0.15) is 0 Å². The number of carboxylic acid groups (broad SMARTS) is 1. The zero-order chi connectivity index (χ0) is 13.8. The van der Waals surface area contributed by atoms with Crippen LogP contribution in [0.15, 0.2) is 23.8 Å². The van der Waals surface area contributed by atoms with Crippen molar-refractivity contribution >= 4 is 23.0 Å². The van der Waals surface area contributed by atoms with Gasteiger partial charge in [0.15, 0.2) is 0 Å². The fourth-order valence-corrected chi connectivity index (χ4v) is 2.40. The van der Waals surface area contributed by atoms with Crippen LogP contribution in [0.5, 0.6) is 0 Å². The molecule has 100 valence electrons. The van der Waals surface area contributed by atoms with Crippen molar-refractivity contribution in [3.05, 3.63) is 40.1 Å². The van der Waals surface area contributed by atoms with E-state index in [1.54, 1.807) is 23.6 Å². The van der Waals surface area contributed by atoms with Gasteiger partial charge in [-0.3, -0.25) is 4.98 Å². The summed E-state index contributed by atoms with van der Waals surface area (Å²) in [6, 6.07) is 1.75. The SMILES string of the molecule is Cc1cc(NCC(C)c2nccs2)c(C(=O)O)cn1. The number of nitrogens with zero attached hydrogens (tertiary/aromatic N) is 2. The number of hydrogen-bond donors (Lipinski definition) is 2. The second kappa shape index (κ2) is 5.79. The summed E-state index contributed by atoms with van der Waals surface area (Å²) in [6.45, 7) is 4.53. The summed E-state index contributed by atoms with van der Waals surface area (Å²) >= 11 is 1.60. The van der Waals surface area contributed by atoms with Crippen molar-refractivity contribution in [1.29, 1.82) is 0 Å². The molecule has 0 fully saturated rings. The smallest absolute Gasteiger partial charge is 0.339 e. The Hall–Kier alpha value is -1.95. The zero-order valence-electron chi connectivity index (χ0n) is 10.8. The maximum atomic E-state index is 11.1. The Bertz CT molecular complexity index is 569. The molecule has 19 heavy (non-hydrogen) atoms. The lowest BCUT2D eigenvalue weighted by molar-refractivity contribution is 0.0697. The van der Waals surface area contributed by atoms with Crippen molar-refractivity contribution < 1.29 is 9.90 Å². The lowest BCUT2D eigenvalue weighted by Crippen LogP contribution is -2.13. The number of pyridine rings is 1. The molecular formula is C13H15N3O2S. The highest BCUT2D eigenvalue weighted by atomic mass is 32.1. The number of carboxylic acids is 1. The Kier molecular flexibility index (Phi) is 4.11. The van der Waals surface area contributed by atoms with E-state index < -0.39 is 5.97 Å². The van der Waals surface area contributed by atoms with E-state index in [9.17, 15) is 4.79 Å². The molecule has 0 radical (unpaired) electrons. The average Bonchev–Trinajstić information content (AvgIpc) is 2.89. The molecule has 0 bridgehead atoms. The second-order valence-corrected chi connectivity index (χ2v) is 5.25. The number of hydrogen-bond acceptors (Lipinski definition) is 5. The van der Waals surface area contributed by atoms with Crippen molar-refractivity contribution in [3.63, 3.8) is 0 Å². The van der Waals surface area contributed by atoms with Gasteiger partial charge in [-0.1, -0.05) is 6.92 Å². The van der Waals surface area contributed by atoms with E-state index >= 15 is 0 Å². The fourth-order valence-electron chi connectivity index (χ4n) is 1.70. The van der Waals surface area contributed by atoms with Gasteiger partial charge in [-0.25, -0.2) is 9.78 Å². The van der Waals surface area contributed by atoms with Crippen molar-refractivity contribution in [3.8, 4) is 0 Å². The molecule has 2 rings (SSSR count). The minimum atomic E-state index is -0.975. The lowest BCUT2D eigenvalue weighted by Gasteiger charge is -2.13. The van der Waals surface area contributed by atoms with Crippen LogP contribution in [0.1, 0.15) is 33.9 Å². The molecule has 0 saturated carbocycles. The number of thiazole rings is 1. The van der Waals surface area contributed by atoms with Gasteiger partial charge in [0.25, 0.3) is 0 Å². The summed E-state index contributed by atoms with van der Waals surface area (Å²) in [5.41, 5.74) is 1.58. The molecule has 0 spiro atoms. The maximum Gasteiger partial charge on any atom is 0.339 e. The highest BCUT2D eigenvalue weighted by Gasteiger charge is 2.13. The van der Waals surface area contributed by atoms with Gasteiger partial charge in [0, 0.05) is 35.9 Å². The molecule has 2 N–H and O–H groups in total. The Morgan fingerprint density at radius 2 is 2.32 bits per heavy atom. The molecule has 0 aliphatic heterocycles. The van der Waals surface area contributed by atoms with E-state index in [1.165, 1.54) is 6.20 Å². The van der Waals surface area contributed by atoms with Crippen molar-refractivity contribution in [2.75, 3.05) is 11.9 Å². The third-order valence-electron chi connectivity index (χ3n) is 2.74. The summed E-state index contributed by atoms with van der Waals surface area (Å²) in [7, 11) is 0. The lowest BCUT2D eigenvalue weighted by atomic mass is 10.1. The Morgan fingerprint density at radius 1 is 1.53 bits per heavy atom. The molecule has 0 saturated heterocycles. The summed E-state index contributed by atoms with van der Waals surface area (Å²) in [5, 5.41) is 15.3. The molecule has 5 nitrogen and oxygen atoms in total. The molecule has 0 aliphatic rings. The van der Waals surface area contributed by atoms with Crippen LogP contribution in [-0.2, 0) is 0 Å². The monoisotopic (exact) mass is 277 g/mol. The van der Waals surface area contributed by atoms with Crippen LogP contribution in [0.3, 0.4) is 0 Å². The normalized spacial score (nSPS) is 12.1.